The Hall–Kier alpha value is -1.07. The lowest BCUT2D eigenvalue weighted by molar-refractivity contribution is 0.183. The normalized spacial score (nSPS) is 20.2. The van der Waals surface area contributed by atoms with Crippen molar-refractivity contribution >= 4 is 5.69 Å². The molecule has 5 heteroatoms. The van der Waals surface area contributed by atoms with E-state index in [4.69, 9.17) is 9.47 Å². The van der Waals surface area contributed by atoms with Gasteiger partial charge in [-0.05, 0) is 6.42 Å². The third-order valence-corrected chi connectivity index (χ3v) is 2.78. The first-order valence-corrected chi connectivity index (χ1v) is 5.71. The van der Waals surface area contributed by atoms with E-state index in [-0.39, 0.29) is 0 Å². The van der Waals surface area contributed by atoms with Crippen LogP contribution in [0.2, 0.25) is 0 Å². The van der Waals surface area contributed by atoms with Gasteiger partial charge >= 0.3 is 0 Å². The molecular formula is C11H19N3O2. The summed E-state index contributed by atoms with van der Waals surface area (Å²) in [7, 11) is 1.70. The van der Waals surface area contributed by atoms with Gasteiger partial charge in [-0.2, -0.15) is 5.10 Å². The van der Waals surface area contributed by atoms with Crippen molar-refractivity contribution in [2.75, 3.05) is 38.8 Å². The Kier molecular flexibility index (Phi) is 4.18. The quantitative estimate of drug-likeness (QED) is 0.784. The number of hydrogen-bond acceptors (Lipinski definition) is 4. The zero-order valence-electron chi connectivity index (χ0n) is 9.69. The van der Waals surface area contributed by atoms with Gasteiger partial charge in [0.2, 0.25) is 0 Å². The lowest BCUT2D eigenvalue weighted by atomic mass is 10.1. The third kappa shape index (κ3) is 3.21. The van der Waals surface area contributed by atoms with Gasteiger partial charge in [-0.1, -0.05) is 0 Å². The first-order chi connectivity index (χ1) is 7.88. The first kappa shape index (κ1) is 11.4. The van der Waals surface area contributed by atoms with Gasteiger partial charge in [0.05, 0.1) is 31.6 Å². The van der Waals surface area contributed by atoms with Gasteiger partial charge < -0.3 is 14.8 Å². The van der Waals surface area contributed by atoms with E-state index in [1.807, 2.05) is 17.1 Å². The van der Waals surface area contributed by atoms with E-state index in [1.54, 1.807) is 7.11 Å². The summed E-state index contributed by atoms with van der Waals surface area (Å²) in [6.07, 6.45) is 5.02. The minimum Gasteiger partial charge on any atom is -0.383 e. The van der Waals surface area contributed by atoms with Crippen molar-refractivity contribution < 1.29 is 9.47 Å². The Morgan fingerprint density at radius 1 is 1.69 bits per heavy atom. The van der Waals surface area contributed by atoms with E-state index in [2.05, 4.69) is 10.4 Å². The van der Waals surface area contributed by atoms with E-state index in [1.165, 1.54) is 0 Å². The van der Waals surface area contributed by atoms with Crippen molar-refractivity contribution in [3.63, 3.8) is 0 Å². The van der Waals surface area contributed by atoms with Crippen molar-refractivity contribution in [1.29, 1.82) is 0 Å². The monoisotopic (exact) mass is 225 g/mol. The van der Waals surface area contributed by atoms with Crippen LogP contribution in [0.25, 0.3) is 0 Å². The minimum absolute atomic E-state index is 0.641. The predicted molar refractivity (Wildman–Crippen MR) is 61.5 cm³/mol. The van der Waals surface area contributed by atoms with Gasteiger partial charge in [-0.3, -0.25) is 4.68 Å². The number of nitrogens with zero attached hydrogens (tertiary/aromatic N) is 2. The Morgan fingerprint density at radius 2 is 2.62 bits per heavy atom. The van der Waals surface area contributed by atoms with E-state index < -0.39 is 0 Å². The molecule has 0 radical (unpaired) electrons. The molecule has 90 valence electrons. The zero-order chi connectivity index (χ0) is 11.2. The molecule has 1 aliphatic heterocycles. The molecule has 0 bridgehead atoms. The highest BCUT2D eigenvalue weighted by molar-refractivity contribution is 5.38. The molecule has 1 atom stereocenters. The summed E-state index contributed by atoms with van der Waals surface area (Å²) < 4.78 is 12.2. The fourth-order valence-corrected chi connectivity index (χ4v) is 1.77. The van der Waals surface area contributed by atoms with Gasteiger partial charge in [-0.25, -0.2) is 0 Å². The minimum atomic E-state index is 0.641. The van der Waals surface area contributed by atoms with Gasteiger partial charge in [0, 0.05) is 32.4 Å². The van der Waals surface area contributed by atoms with Crippen LogP contribution in [0.3, 0.4) is 0 Å². The van der Waals surface area contributed by atoms with Crippen LogP contribution in [0.1, 0.15) is 6.42 Å². The SMILES string of the molecule is COCCn1cc(NCC2CCOC2)cn1. The fourth-order valence-electron chi connectivity index (χ4n) is 1.77. The molecule has 1 saturated heterocycles. The molecule has 0 aliphatic carbocycles. The molecule has 1 N–H and O–H groups in total. The van der Waals surface area contributed by atoms with Gasteiger partial charge in [0.15, 0.2) is 0 Å². The average molecular weight is 225 g/mol. The van der Waals surface area contributed by atoms with Crippen molar-refractivity contribution in [2.24, 2.45) is 5.92 Å². The molecule has 1 aliphatic rings. The Bertz CT molecular complexity index is 308. The molecule has 1 fully saturated rings. The second-order valence-electron chi connectivity index (χ2n) is 4.10. The van der Waals surface area contributed by atoms with Crippen LogP contribution in [-0.2, 0) is 16.0 Å². The summed E-state index contributed by atoms with van der Waals surface area (Å²) >= 11 is 0. The van der Waals surface area contributed by atoms with Crippen LogP contribution >= 0.6 is 0 Å². The highest BCUT2D eigenvalue weighted by atomic mass is 16.5. The molecule has 2 heterocycles. The summed E-state index contributed by atoms with van der Waals surface area (Å²) in [5, 5.41) is 7.62. The molecule has 0 amide bonds. The van der Waals surface area contributed by atoms with Crippen molar-refractivity contribution in [3.8, 4) is 0 Å². The molecule has 0 spiro atoms. The molecule has 0 aromatic carbocycles. The Balaban J connectivity index is 1.73. The molecule has 1 aromatic heterocycles. The third-order valence-electron chi connectivity index (χ3n) is 2.78. The van der Waals surface area contributed by atoms with Crippen LogP contribution in [0.5, 0.6) is 0 Å². The largest absolute Gasteiger partial charge is 0.383 e. The smallest absolute Gasteiger partial charge is 0.0726 e. The lowest BCUT2D eigenvalue weighted by Crippen LogP contribution is -2.13. The number of methoxy groups -OCH3 is 1. The van der Waals surface area contributed by atoms with E-state index in [9.17, 15) is 0 Å². The topological polar surface area (TPSA) is 48.3 Å². The highest BCUT2D eigenvalue weighted by Crippen LogP contribution is 2.13. The molecule has 1 unspecified atom stereocenters. The lowest BCUT2D eigenvalue weighted by Gasteiger charge is -2.08. The molecule has 2 rings (SSSR count). The number of hydrogen-bond donors (Lipinski definition) is 1. The second-order valence-corrected chi connectivity index (χ2v) is 4.10. The van der Waals surface area contributed by atoms with Gasteiger partial charge in [-0.15, -0.1) is 0 Å². The fraction of sp³-hybridized carbons (Fsp3) is 0.727. The Labute approximate surface area is 95.7 Å². The van der Waals surface area contributed by atoms with E-state index in [0.29, 0.717) is 12.5 Å². The number of rotatable bonds is 6. The number of aromatic nitrogens is 2. The standard InChI is InChI=1S/C11H19N3O2/c1-15-5-3-14-8-11(7-13-14)12-6-10-2-4-16-9-10/h7-8,10,12H,2-6,9H2,1H3. The maximum atomic E-state index is 5.33. The second kappa shape index (κ2) is 5.86. The number of ether oxygens (including phenoxy) is 2. The van der Waals surface area contributed by atoms with Gasteiger partial charge in [0.1, 0.15) is 0 Å². The summed E-state index contributed by atoms with van der Waals surface area (Å²) in [5.41, 5.74) is 1.07. The average Bonchev–Trinajstić information content (AvgIpc) is 2.95. The van der Waals surface area contributed by atoms with Crippen LogP contribution in [0, 0.1) is 5.92 Å². The van der Waals surface area contributed by atoms with Crippen LogP contribution in [-0.4, -0.2) is 43.3 Å². The van der Waals surface area contributed by atoms with Crippen LogP contribution in [0.15, 0.2) is 12.4 Å². The maximum absolute atomic E-state index is 5.33. The molecule has 16 heavy (non-hydrogen) atoms. The van der Waals surface area contributed by atoms with E-state index in [0.717, 1.165) is 38.4 Å². The van der Waals surface area contributed by atoms with Crippen LogP contribution in [0.4, 0.5) is 5.69 Å². The number of nitrogens with one attached hydrogen (secondary N) is 1. The molecule has 0 saturated carbocycles. The van der Waals surface area contributed by atoms with Crippen molar-refractivity contribution in [2.45, 2.75) is 13.0 Å². The predicted octanol–water partition coefficient (Wildman–Crippen LogP) is 0.978. The number of anilines is 1. The Morgan fingerprint density at radius 3 is 3.38 bits per heavy atom. The first-order valence-electron chi connectivity index (χ1n) is 5.71. The summed E-state index contributed by atoms with van der Waals surface area (Å²) in [5.74, 6) is 0.641. The van der Waals surface area contributed by atoms with Crippen molar-refractivity contribution in [3.05, 3.63) is 12.4 Å². The van der Waals surface area contributed by atoms with Crippen molar-refractivity contribution in [1.82, 2.24) is 9.78 Å². The molecule has 5 nitrogen and oxygen atoms in total. The summed E-state index contributed by atoms with van der Waals surface area (Å²) in [4.78, 5) is 0. The van der Waals surface area contributed by atoms with E-state index >= 15 is 0 Å². The molecule has 1 aromatic rings. The summed E-state index contributed by atoms with van der Waals surface area (Å²) in [6.45, 7) is 4.24. The van der Waals surface area contributed by atoms with Crippen LogP contribution < -0.4 is 5.32 Å². The highest BCUT2D eigenvalue weighted by Gasteiger charge is 2.15. The zero-order valence-corrected chi connectivity index (χ0v) is 9.69. The molecular weight excluding hydrogens is 206 g/mol. The van der Waals surface area contributed by atoms with Gasteiger partial charge in [0.25, 0.3) is 0 Å². The maximum Gasteiger partial charge on any atom is 0.0726 e. The summed E-state index contributed by atoms with van der Waals surface area (Å²) in [6, 6.07) is 0.